The van der Waals surface area contributed by atoms with E-state index in [9.17, 15) is 22.8 Å². The van der Waals surface area contributed by atoms with E-state index in [4.69, 9.17) is 4.74 Å². The summed E-state index contributed by atoms with van der Waals surface area (Å²) < 4.78 is 34.0. The molecule has 2 amide bonds. The van der Waals surface area contributed by atoms with E-state index in [0.29, 0.717) is 4.47 Å². The van der Waals surface area contributed by atoms with Gasteiger partial charge in [-0.05, 0) is 66.9 Å². The second kappa shape index (κ2) is 10.4. The van der Waals surface area contributed by atoms with Crippen LogP contribution in [0.5, 0.6) is 0 Å². The van der Waals surface area contributed by atoms with E-state index in [1.54, 1.807) is 31.2 Å². The molecule has 0 aliphatic carbocycles. The van der Waals surface area contributed by atoms with Gasteiger partial charge < -0.3 is 4.74 Å². The van der Waals surface area contributed by atoms with Crippen molar-refractivity contribution in [2.24, 2.45) is 0 Å². The molecule has 4 rings (SSSR count). The lowest BCUT2D eigenvalue weighted by Crippen LogP contribution is -2.44. The average Bonchev–Trinajstić information content (AvgIpc) is 3.45. The summed E-state index contributed by atoms with van der Waals surface area (Å²) in [6.07, 6.45) is -0.292. The molecule has 1 aliphatic heterocycles. The second-order valence-corrected chi connectivity index (χ2v) is 11.5. The summed E-state index contributed by atoms with van der Waals surface area (Å²) in [5.41, 5.74) is 0.538. The zero-order chi connectivity index (χ0) is 25.2. The standard InChI is InChI=1S/C24H21BrN2O6S2/c1-2-33-24(30)16-5-9-18(10-6-16)27-22(28)14-21(23(27)29)26(15-19-4-3-13-34-19)35(31,32)20-11-7-17(25)8-12-20/h3-13,21H,2,14-15H2,1H3. The first-order chi connectivity index (χ1) is 16.7. The summed E-state index contributed by atoms with van der Waals surface area (Å²) in [5, 5.41) is 1.82. The number of benzene rings is 2. The number of sulfonamides is 1. The van der Waals surface area contributed by atoms with Gasteiger partial charge in [-0.15, -0.1) is 11.3 Å². The number of carbonyl (C=O) groups is 3. The maximum atomic E-state index is 13.6. The van der Waals surface area contributed by atoms with Gasteiger partial charge in [0.1, 0.15) is 6.04 Å². The highest BCUT2D eigenvalue weighted by Crippen LogP contribution is 2.32. The van der Waals surface area contributed by atoms with Crippen LogP contribution in [0.2, 0.25) is 0 Å². The highest BCUT2D eigenvalue weighted by molar-refractivity contribution is 9.10. The van der Waals surface area contributed by atoms with Gasteiger partial charge in [-0.25, -0.2) is 18.1 Å². The minimum atomic E-state index is -4.11. The molecule has 2 heterocycles. The molecule has 1 aliphatic rings. The van der Waals surface area contributed by atoms with E-state index < -0.39 is 33.8 Å². The van der Waals surface area contributed by atoms with Crippen molar-refractivity contribution >= 4 is 60.8 Å². The topological polar surface area (TPSA) is 101 Å². The molecular formula is C24H21BrN2O6S2. The Kier molecular flexibility index (Phi) is 7.50. The number of thiophene rings is 1. The van der Waals surface area contributed by atoms with Crippen LogP contribution < -0.4 is 4.90 Å². The smallest absolute Gasteiger partial charge is 0.338 e. The van der Waals surface area contributed by atoms with Crippen molar-refractivity contribution in [3.8, 4) is 0 Å². The molecule has 11 heteroatoms. The number of halogens is 1. The third-order valence-electron chi connectivity index (χ3n) is 5.42. The number of nitrogens with zero attached hydrogens (tertiary/aromatic N) is 2. The molecule has 35 heavy (non-hydrogen) atoms. The van der Waals surface area contributed by atoms with Gasteiger partial charge in [-0.1, -0.05) is 22.0 Å². The Morgan fingerprint density at radius 1 is 1.11 bits per heavy atom. The molecule has 0 bridgehead atoms. The number of imide groups is 1. The average molecular weight is 577 g/mol. The highest BCUT2D eigenvalue weighted by atomic mass is 79.9. The van der Waals surface area contributed by atoms with Crippen molar-refractivity contribution in [2.45, 2.75) is 30.8 Å². The lowest BCUT2D eigenvalue weighted by atomic mass is 10.2. The predicted molar refractivity (Wildman–Crippen MR) is 134 cm³/mol. The number of ether oxygens (including phenoxy) is 1. The number of esters is 1. The first kappa shape index (κ1) is 25.2. The molecule has 0 saturated carbocycles. The lowest BCUT2D eigenvalue weighted by Gasteiger charge is -2.26. The van der Waals surface area contributed by atoms with Gasteiger partial charge in [-0.2, -0.15) is 4.31 Å². The zero-order valence-electron chi connectivity index (χ0n) is 18.6. The van der Waals surface area contributed by atoms with Gasteiger partial charge in [0.25, 0.3) is 5.91 Å². The van der Waals surface area contributed by atoms with Gasteiger partial charge in [0, 0.05) is 15.9 Å². The SMILES string of the molecule is CCOC(=O)c1ccc(N2C(=O)CC(N(Cc3cccs3)S(=O)(=O)c3ccc(Br)cc3)C2=O)cc1. The summed E-state index contributed by atoms with van der Waals surface area (Å²) in [6.45, 7) is 1.87. The molecule has 8 nitrogen and oxygen atoms in total. The van der Waals surface area contributed by atoms with Gasteiger partial charge >= 0.3 is 5.97 Å². The molecule has 0 N–H and O–H groups in total. The molecule has 0 radical (unpaired) electrons. The summed E-state index contributed by atoms with van der Waals surface area (Å²) in [4.78, 5) is 40.0. The highest BCUT2D eigenvalue weighted by Gasteiger charge is 2.47. The first-order valence-corrected chi connectivity index (χ1v) is 13.8. The molecule has 0 spiro atoms. The van der Waals surface area contributed by atoms with Crippen LogP contribution in [0.25, 0.3) is 0 Å². The molecule has 1 aromatic heterocycles. The second-order valence-electron chi connectivity index (χ2n) is 7.64. The number of carbonyl (C=O) groups excluding carboxylic acids is 3. The summed E-state index contributed by atoms with van der Waals surface area (Å²) >= 11 is 4.66. The van der Waals surface area contributed by atoms with Gasteiger partial charge in [-0.3, -0.25) is 9.59 Å². The maximum absolute atomic E-state index is 13.6. The van der Waals surface area contributed by atoms with Crippen LogP contribution in [-0.4, -0.2) is 43.2 Å². The van der Waals surface area contributed by atoms with E-state index in [1.165, 1.54) is 47.7 Å². The minimum Gasteiger partial charge on any atom is -0.462 e. The van der Waals surface area contributed by atoms with Crippen molar-refractivity contribution in [1.29, 1.82) is 0 Å². The van der Waals surface area contributed by atoms with Crippen LogP contribution in [0.3, 0.4) is 0 Å². The van der Waals surface area contributed by atoms with E-state index in [2.05, 4.69) is 15.9 Å². The minimum absolute atomic E-state index is 0.0229. The third-order valence-corrected chi connectivity index (χ3v) is 8.68. The largest absolute Gasteiger partial charge is 0.462 e. The van der Waals surface area contributed by atoms with Crippen LogP contribution in [0.1, 0.15) is 28.6 Å². The Balaban J connectivity index is 1.67. The molecule has 3 aromatic rings. The molecule has 182 valence electrons. The zero-order valence-corrected chi connectivity index (χ0v) is 21.8. The number of hydrogen-bond donors (Lipinski definition) is 0. The molecule has 1 saturated heterocycles. The van der Waals surface area contributed by atoms with Crippen molar-refractivity contribution in [2.75, 3.05) is 11.5 Å². The van der Waals surface area contributed by atoms with Crippen LogP contribution >= 0.6 is 27.3 Å². The number of rotatable bonds is 8. The molecule has 1 fully saturated rings. The Bertz CT molecular complexity index is 1340. The van der Waals surface area contributed by atoms with Crippen molar-refractivity contribution in [1.82, 2.24) is 4.31 Å². The van der Waals surface area contributed by atoms with E-state index in [-0.39, 0.29) is 35.7 Å². The normalized spacial score (nSPS) is 16.2. The fourth-order valence-electron chi connectivity index (χ4n) is 3.73. The van der Waals surface area contributed by atoms with Crippen molar-refractivity contribution in [3.63, 3.8) is 0 Å². The van der Waals surface area contributed by atoms with Crippen molar-refractivity contribution < 1.29 is 27.5 Å². The number of anilines is 1. The Hall–Kier alpha value is -2.86. The summed E-state index contributed by atoms with van der Waals surface area (Å²) in [5.74, 6) is -1.68. The van der Waals surface area contributed by atoms with E-state index >= 15 is 0 Å². The predicted octanol–water partition coefficient (Wildman–Crippen LogP) is 4.21. The third kappa shape index (κ3) is 5.22. The van der Waals surface area contributed by atoms with Crippen LogP contribution in [0.15, 0.2) is 75.4 Å². The summed E-state index contributed by atoms with van der Waals surface area (Å²) in [6, 6.07) is 14.3. The number of amides is 2. The lowest BCUT2D eigenvalue weighted by molar-refractivity contribution is -0.122. The van der Waals surface area contributed by atoms with E-state index in [1.807, 2.05) is 5.38 Å². The summed E-state index contributed by atoms with van der Waals surface area (Å²) in [7, 11) is -4.11. The Morgan fingerprint density at radius 2 is 1.80 bits per heavy atom. The number of hydrogen-bond acceptors (Lipinski definition) is 7. The van der Waals surface area contributed by atoms with Crippen LogP contribution in [0.4, 0.5) is 5.69 Å². The van der Waals surface area contributed by atoms with Crippen LogP contribution in [0, 0.1) is 0 Å². The first-order valence-electron chi connectivity index (χ1n) is 10.7. The maximum Gasteiger partial charge on any atom is 0.338 e. The molecular weight excluding hydrogens is 556 g/mol. The quantitative estimate of drug-likeness (QED) is 0.294. The van der Waals surface area contributed by atoms with Gasteiger partial charge in [0.2, 0.25) is 15.9 Å². The van der Waals surface area contributed by atoms with Crippen molar-refractivity contribution in [3.05, 3.63) is 81.0 Å². The molecule has 1 atom stereocenters. The fraction of sp³-hybridized carbons (Fsp3) is 0.208. The fourth-order valence-corrected chi connectivity index (χ4v) is 6.34. The van der Waals surface area contributed by atoms with Gasteiger partial charge in [0.05, 0.1) is 29.2 Å². The Labute approximate surface area is 215 Å². The van der Waals surface area contributed by atoms with E-state index in [0.717, 1.165) is 14.1 Å². The monoisotopic (exact) mass is 576 g/mol. The van der Waals surface area contributed by atoms with Gasteiger partial charge in [0.15, 0.2) is 0 Å². The van der Waals surface area contributed by atoms with Crippen LogP contribution in [-0.2, 0) is 30.9 Å². The Morgan fingerprint density at radius 3 is 2.40 bits per heavy atom. The molecule has 1 unspecified atom stereocenters. The molecule has 2 aromatic carbocycles.